The standard InChI is InChI=1S/C24H27N3O3/c1-3-18-10-6-7-14-25(18)22(28)16-26-21-13-5-4-12-20(21)23(29)27(24(26)30)19-11-8-9-17(2)15-19/h4-5,8-9,11-13,15,18H,3,6-7,10,14,16H2,1-2H3/t18-/m0/s1. The zero-order valence-corrected chi connectivity index (χ0v) is 17.5. The predicted molar refractivity (Wildman–Crippen MR) is 118 cm³/mol. The molecule has 156 valence electrons. The van der Waals surface area contributed by atoms with E-state index in [0.29, 0.717) is 16.6 Å². The van der Waals surface area contributed by atoms with Gasteiger partial charge in [-0.25, -0.2) is 9.36 Å². The van der Waals surface area contributed by atoms with Crippen molar-refractivity contribution in [2.24, 2.45) is 0 Å². The maximum atomic E-state index is 13.4. The molecule has 0 bridgehead atoms. The number of amides is 1. The third kappa shape index (κ3) is 3.58. The third-order valence-corrected chi connectivity index (χ3v) is 6.02. The molecule has 0 radical (unpaired) electrons. The van der Waals surface area contributed by atoms with Crippen LogP contribution in [0.4, 0.5) is 0 Å². The van der Waals surface area contributed by atoms with Gasteiger partial charge in [0.1, 0.15) is 6.54 Å². The van der Waals surface area contributed by atoms with Crippen LogP contribution in [0.5, 0.6) is 0 Å². The average Bonchev–Trinajstić information content (AvgIpc) is 2.76. The Morgan fingerprint density at radius 1 is 1.07 bits per heavy atom. The SMILES string of the molecule is CC[C@H]1CCCCN1C(=O)Cn1c(=O)n(-c2cccc(C)c2)c(=O)c2ccccc21. The topological polar surface area (TPSA) is 64.3 Å². The van der Waals surface area contributed by atoms with Crippen LogP contribution in [0.3, 0.4) is 0 Å². The highest BCUT2D eigenvalue weighted by molar-refractivity contribution is 5.82. The molecule has 4 rings (SSSR count). The summed E-state index contributed by atoms with van der Waals surface area (Å²) >= 11 is 0. The van der Waals surface area contributed by atoms with Gasteiger partial charge >= 0.3 is 5.69 Å². The Hall–Kier alpha value is -3.15. The number of aryl methyl sites for hydroxylation is 1. The predicted octanol–water partition coefficient (Wildman–Crippen LogP) is 3.25. The first-order valence-electron chi connectivity index (χ1n) is 10.6. The second-order valence-corrected chi connectivity index (χ2v) is 8.01. The number of benzene rings is 2. The largest absolute Gasteiger partial charge is 0.338 e. The lowest BCUT2D eigenvalue weighted by Gasteiger charge is -2.35. The number of hydrogen-bond donors (Lipinski definition) is 0. The molecule has 0 unspecified atom stereocenters. The summed E-state index contributed by atoms with van der Waals surface area (Å²) in [4.78, 5) is 41.7. The van der Waals surface area contributed by atoms with E-state index in [0.717, 1.165) is 37.8 Å². The molecule has 6 nitrogen and oxygen atoms in total. The van der Waals surface area contributed by atoms with Crippen LogP contribution in [0.1, 0.15) is 38.2 Å². The molecule has 1 fully saturated rings. The second-order valence-electron chi connectivity index (χ2n) is 8.01. The van der Waals surface area contributed by atoms with Gasteiger partial charge in [0.2, 0.25) is 5.91 Å². The van der Waals surface area contributed by atoms with E-state index in [1.807, 2.05) is 30.0 Å². The highest BCUT2D eigenvalue weighted by Crippen LogP contribution is 2.20. The second kappa shape index (κ2) is 8.30. The quantitative estimate of drug-likeness (QED) is 0.669. The van der Waals surface area contributed by atoms with Crippen LogP contribution in [-0.4, -0.2) is 32.5 Å². The smallest absolute Gasteiger partial charge is 0.336 e. The molecule has 1 amide bonds. The van der Waals surface area contributed by atoms with E-state index in [2.05, 4.69) is 6.92 Å². The fraction of sp³-hybridized carbons (Fsp3) is 0.375. The van der Waals surface area contributed by atoms with Crippen LogP contribution in [-0.2, 0) is 11.3 Å². The number of piperidine rings is 1. The molecule has 1 aromatic heterocycles. The van der Waals surface area contributed by atoms with Crippen LogP contribution in [0.15, 0.2) is 58.1 Å². The fourth-order valence-electron chi connectivity index (χ4n) is 4.45. The highest BCUT2D eigenvalue weighted by atomic mass is 16.2. The summed E-state index contributed by atoms with van der Waals surface area (Å²) < 4.78 is 2.62. The number of rotatable bonds is 4. The summed E-state index contributed by atoms with van der Waals surface area (Å²) in [6.45, 7) is 4.66. The van der Waals surface area contributed by atoms with E-state index < -0.39 is 5.69 Å². The van der Waals surface area contributed by atoms with Gasteiger partial charge in [0.25, 0.3) is 5.56 Å². The Kier molecular flexibility index (Phi) is 5.57. The van der Waals surface area contributed by atoms with Gasteiger partial charge in [-0.2, -0.15) is 0 Å². The molecule has 3 aromatic rings. The van der Waals surface area contributed by atoms with Crippen LogP contribution in [0, 0.1) is 6.92 Å². The summed E-state index contributed by atoms with van der Waals surface area (Å²) in [6, 6.07) is 14.5. The number of nitrogens with zero attached hydrogens (tertiary/aromatic N) is 3. The molecule has 1 atom stereocenters. The third-order valence-electron chi connectivity index (χ3n) is 6.02. The Bertz CT molecular complexity index is 1210. The molecule has 1 aliphatic heterocycles. The number of para-hydroxylation sites is 1. The molecular weight excluding hydrogens is 378 g/mol. The lowest BCUT2D eigenvalue weighted by Crippen LogP contribution is -2.47. The Morgan fingerprint density at radius 3 is 2.63 bits per heavy atom. The lowest BCUT2D eigenvalue weighted by atomic mass is 10.00. The molecule has 0 spiro atoms. The van der Waals surface area contributed by atoms with Crippen molar-refractivity contribution in [3.05, 3.63) is 74.9 Å². The van der Waals surface area contributed by atoms with E-state index in [1.54, 1.807) is 30.3 Å². The number of likely N-dealkylation sites (tertiary alicyclic amines) is 1. The van der Waals surface area contributed by atoms with Crippen molar-refractivity contribution in [3.8, 4) is 5.69 Å². The van der Waals surface area contributed by atoms with E-state index in [-0.39, 0.29) is 24.1 Å². The first-order valence-corrected chi connectivity index (χ1v) is 10.6. The number of aromatic nitrogens is 2. The minimum Gasteiger partial charge on any atom is -0.338 e. The zero-order chi connectivity index (χ0) is 21.3. The molecule has 2 heterocycles. The van der Waals surface area contributed by atoms with Gasteiger partial charge in [-0.05, 0) is 62.4 Å². The average molecular weight is 405 g/mol. The summed E-state index contributed by atoms with van der Waals surface area (Å²) in [5, 5.41) is 0.428. The fourth-order valence-corrected chi connectivity index (χ4v) is 4.45. The summed E-state index contributed by atoms with van der Waals surface area (Å²) in [5.41, 5.74) is 1.11. The normalized spacial score (nSPS) is 16.7. The van der Waals surface area contributed by atoms with Crippen LogP contribution >= 0.6 is 0 Å². The minimum absolute atomic E-state index is 0.0664. The van der Waals surface area contributed by atoms with Gasteiger partial charge in [0.05, 0.1) is 16.6 Å². The van der Waals surface area contributed by atoms with Crippen molar-refractivity contribution in [1.82, 2.24) is 14.0 Å². The maximum absolute atomic E-state index is 13.4. The number of carbonyl (C=O) groups is 1. The van der Waals surface area contributed by atoms with Gasteiger partial charge in [0, 0.05) is 12.6 Å². The maximum Gasteiger partial charge on any atom is 0.336 e. The van der Waals surface area contributed by atoms with Crippen molar-refractivity contribution in [3.63, 3.8) is 0 Å². The first kappa shape index (κ1) is 20.1. The van der Waals surface area contributed by atoms with E-state index in [1.165, 1.54) is 9.13 Å². The van der Waals surface area contributed by atoms with Crippen molar-refractivity contribution >= 4 is 16.8 Å². The summed E-state index contributed by atoms with van der Waals surface area (Å²) in [7, 11) is 0. The Morgan fingerprint density at radius 2 is 1.87 bits per heavy atom. The molecule has 6 heteroatoms. The molecule has 1 saturated heterocycles. The van der Waals surface area contributed by atoms with Gasteiger partial charge in [-0.15, -0.1) is 0 Å². The Balaban J connectivity index is 1.86. The van der Waals surface area contributed by atoms with Crippen LogP contribution < -0.4 is 11.2 Å². The summed E-state index contributed by atoms with van der Waals surface area (Å²) in [6.07, 6.45) is 4.02. The minimum atomic E-state index is -0.484. The van der Waals surface area contributed by atoms with Crippen LogP contribution in [0.25, 0.3) is 16.6 Å². The molecule has 0 N–H and O–H groups in total. The van der Waals surface area contributed by atoms with Crippen molar-refractivity contribution < 1.29 is 4.79 Å². The number of fused-ring (bicyclic) bond motifs is 1. The molecule has 1 aliphatic rings. The molecule has 0 aliphatic carbocycles. The van der Waals surface area contributed by atoms with E-state index in [4.69, 9.17) is 0 Å². The zero-order valence-electron chi connectivity index (χ0n) is 17.5. The monoisotopic (exact) mass is 405 g/mol. The van der Waals surface area contributed by atoms with Crippen molar-refractivity contribution in [2.45, 2.75) is 52.1 Å². The van der Waals surface area contributed by atoms with Crippen molar-refractivity contribution in [1.29, 1.82) is 0 Å². The Labute approximate surface area is 175 Å². The van der Waals surface area contributed by atoms with Gasteiger partial charge in [0.15, 0.2) is 0 Å². The highest BCUT2D eigenvalue weighted by Gasteiger charge is 2.26. The molecular formula is C24H27N3O3. The van der Waals surface area contributed by atoms with Gasteiger partial charge in [-0.1, -0.05) is 31.2 Å². The molecule has 0 saturated carbocycles. The molecule has 30 heavy (non-hydrogen) atoms. The van der Waals surface area contributed by atoms with Crippen LogP contribution in [0.2, 0.25) is 0 Å². The summed E-state index contributed by atoms with van der Waals surface area (Å²) in [5.74, 6) is -0.0664. The van der Waals surface area contributed by atoms with Crippen molar-refractivity contribution in [2.75, 3.05) is 6.54 Å². The van der Waals surface area contributed by atoms with Gasteiger partial charge < -0.3 is 4.90 Å². The van der Waals surface area contributed by atoms with E-state index in [9.17, 15) is 14.4 Å². The molecule has 2 aromatic carbocycles. The number of carbonyl (C=O) groups excluding carboxylic acids is 1. The first-order chi connectivity index (χ1) is 14.5. The van der Waals surface area contributed by atoms with Gasteiger partial charge in [-0.3, -0.25) is 14.2 Å². The number of hydrogen-bond acceptors (Lipinski definition) is 3. The lowest BCUT2D eigenvalue weighted by molar-refractivity contribution is -0.135. The van der Waals surface area contributed by atoms with E-state index >= 15 is 0 Å².